The summed E-state index contributed by atoms with van der Waals surface area (Å²) in [6.45, 7) is 2.16. The van der Waals surface area contributed by atoms with Gasteiger partial charge in [-0.3, -0.25) is 0 Å². The third-order valence-electron chi connectivity index (χ3n) is 2.30. The molecule has 0 aliphatic heterocycles. The molecule has 1 atom stereocenters. The van der Waals surface area contributed by atoms with Crippen molar-refractivity contribution < 1.29 is 19.0 Å². The summed E-state index contributed by atoms with van der Waals surface area (Å²) >= 11 is 0. The minimum Gasteiger partial charge on any atom is -0.447 e. The van der Waals surface area contributed by atoms with Gasteiger partial charge in [0.15, 0.2) is 0 Å². The Kier molecular flexibility index (Phi) is 5.45. The van der Waals surface area contributed by atoms with Gasteiger partial charge in [0.1, 0.15) is 19.5 Å². The molecular formula is C12H17NO4. The maximum atomic E-state index is 10.6. The van der Waals surface area contributed by atoms with E-state index in [1.807, 2.05) is 31.2 Å². The molecule has 1 aromatic carbocycles. The first-order valence-electron chi connectivity index (χ1n) is 5.23. The topological polar surface area (TPSA) is 70.8 Å². The maximum absolute atomic E-state index is 10.6. The molecule has 2 N–H and O–H groups in total. The first-order valence-corrected chi connectivity index (χ1v) is 5.23. The molecule has 1 rings (SSSR count). The molecule has 0 bridgehead atoms. The first kappa shape index (κ1) is 13.5. The number of rotatable bonds is 6. The number of hydrogen-bond donors (Lipinski definition) is 1. The summed E-state index contributed by atoms with van der Waals surface area (Å²) in [5, 5.41) is 0. The van der Waals surface area contributed by atoms with Crippen LogP contribution in [0.2, 0.25) is 0 Å². The van der Waals surface area contributed by atoms with Crippen molar-refractivity contribution in [1.29, 1.82) is 0 Å². The Labute approximate surface area is 100 Å². The third kappa shape index (κ3) is 4.42. The lowest BCUT2D eigenvalue weighted by Crippen LogP contribution is -2.20. The smallest absolute Gasteiger partial charge is 0.404 e. The van der Waals surface area contributed by atoms with E-state index in [1.54, 1.807) is 0 Å². The van der Waals surface area contributed by atoms with Crippen molar-refractivity contribution in [2.24, 2.45) is 5.73 Å². The van der Waals surface area contributed by atoms with Crippen molar-refractivity contribution in [2.45, 2.75) is 13.0 Å². The second-order valence-corrected chi connectivity index (χ2v) is 3.55. The Morgan fingerprint density at radius 1 is 1.41 bits per heavy atom. The van der Waals surface area contributed by atoms with E-state index in [9.17, 15) is 4.79 Å². The minimum absolute atomic E-state index is 0.0730. The van der Waals surface area contributed by atoms with Crippen molar-refractivity contribution in [1.82, 2.24) is 0 Å². The molecule has 0 fully saturated rings. The minimum atomic E-state index is -0.815. The van der Waals surface area contributed by atoms with E-state index in [0.717, 1.165) is 11.1 Å². The molecule has 0 saturated heterocycles. The number of carbonyl (C=O) groups is 1. The number of methoxy groups -OCH3 is 1. The zero-order valence-electron chi connectivity index (χ0n) is 10.0. The lowest BCUT2D eigenvalue weighted by atomic mass is 10.0. The van der Waals surface area contributed by atoms with Gasteiger partial charge < -0.3 is 19.9 Å². The van der Waals surface area contributed by atoms with E-state index in [-0.39, 0.29) is 19.5 Å². The Bertz CT molecular complexity index is 367. The molecule has 5 heteroatoms. The average molecular weight is 239 g/mol. The Hall–Kier alpha value is -1.59. The number of amides is 1. The van der Waals surface area contributed by atoms with Crippen LogP contribution in [0.15, 0.2) is 24.3 Å². The molecule has 5 nitrogen and oxygen atoms in total. The summed E-state index contributed by atoms with van der Waals surface area (Å²) < 4.78 is 15.1. The Morgan fingerprint density at radius 2 is 2.12 bits per heavy atom. The molecule has 0 aliphatic rings. The largest absolute Gasteiger partial charge is 0.447 e. The van der Waals surface area contributed by atoms with Crippen molar-refractivity contribution >= 4 is 6.09 Å². The first-order chi connectivity index (χ1) is 8.15. The Morgan fingerprint density at radius 3 is 2.71 bits per heavy atom. The normalized spacial score (nSPS) is 12.1. The molecule has 0 heterocycles. The number of nitrogens with two attached hydrogens (primary N) is 1. The van der Waals surface area contributed by atoms with Crippen LogP contribution in [0.25, 0.3) is 0 Å². The number of ether oxygens (including phenoxy) is 3. The molecule has 1 aromatic rings. The van der Waals surface area contributed by atoms with Gasteiger partial charge in [-0.2, -0.15) is 0 Å². The van der Waals surface area contributed by atoms with Gasteiger partial charge in [0.2, 0.25) is 0 Å². The molecule has 0 radical (unpaired) electrons. The van der Waals surface area contributed by atoms with Gasteiger partial charge in [-0.05, 0) is 18.1 Å². The monoisotopic (exact) mass is 239 g/mol. The lowest BCUT2D eigenvalue weighted by Gasteiger charge is -2.19. The van der Waals surface area contributed by atoms with Crippen LogP contribution < -0.4 is 5.73 Å². The van der Waals surface area contributed by atoms with E-state index in [4.69, 9.17) is 19.9 Å². The van der Waals surface area contributed by atoms with E-state index >= 15 is 0 Å². The number of aryl methyl sites for hydroxylation is 1. The average Bonchev–Trinajstić information content (AvgIpc) is 2.30. The molecular weight excluding hydrogens is 222 g/mol. The summed E-state index contributed by atoms with van der Waals surface area (Å²) in [5.74, 6) is 0. The van der Waals surface area contributed by atoms with Gasteiger partial charge in [0.05, 0.1) is 0 Å². The third-order valence-corrected chi connectivity index (χ3v) is 2.30. The quantitative estimate of drug-likeness (QED) is 0.768. The van der Waals surface area contributed by atoms with Crippen LogP contribution >= 0.6 is 0 Å². The van der Waals surface area contributed by atoms with Crippen molar-refractivity contribution in [3.8, 4) is 0 Å². The highest BCUT2D eigenvalue weighted by molar-refractivity contribution is 5.64. The molecule has 1 unspecified atom stereocenters. The number of primary amides is 1. The molecule has 1 amide bonds. The van der Waals surface area contributed by atoms with Crippen molar-refractivity contribution in [2.75, 3.05) is 20.5 Å². The molecule has 0 spiro atoms. The van der Waals surface area contributed by atoms with Crippen LogP contribution in [0, 0.1) is 6.92 Å². The molecule has 0 aromatic heterocycles. The summed E-state index contributed by atoms with van der Waals surface area (Å²) in [4.78, 5) is 10.6. The summed E-state index contributed by atoms with van der Waals surface area (Å²) in [7, 11) is 1.53. The van der Waals surface area contributed by atoms with Gasteiger partial charge in [0, 0.05) is 7.11 Å². The maximum Gasteiger partial charge on any atom is 0.404 e. The predicted octanol–water partition coefficient (Wildman–Crippen LogP) is 1.75. The highest BCUT2D eigenvalue weighted by Gasteiger charge is 2.15. The van der Waals surface area contributed by atoms with E-state index in [1.165, 1.54) is 7.11 Å². The second kappa shape index (κ2) is 6.88. The molecule has 17 heavy (non-hydrogen) atoms. The summed E-state index contributed by atoms with van der Waals surface area (Å²) in [5.41, 5.74) is 6.94. The zero-order chi connectivity index (χ0) is 12.7. The van der Waals surface area contributed by atoms with Crippen LogP contribution in [0.3, 0.4) is 0 Å². The predicted molar refractivity (Wildman–Crippen MR) is 62.4 cm³/mol. The second-order valence-electron chi connectivity index (χ2n) is 3.55. The summed E-state index contributed by atoms with van der Waals surface area (Å²) in [6.07, 6.45) is -1.19. The van der Waals surface area contributed by atoms with Gasteiger partial charge >= 0.3 is 6.09 Å². The highest BCUT2D eigenvalue weighted by Crippen LogP contribution is 2.21. The lowest BCUT2D eigenvalue weighted by molar-refractivity contribution is -0.0897. The summed E-state index contributed by atoms with van der Waals surface area (Å²) in [6, 6.07) is 7.71. The van der Waals surface area contributed by atoms with Gasteiger partial charge in [-0.25, -0.2) is 4.79 Å². The van der Waals surface area contributed by atoms with Gasteiger partial charge in [-0.15, -0.1) is 0 Å². The number of hydrogen-bond acceptors (Lipinski definition) is 4. The SMILES string of the molecule is COCOC(COC(N)=O)c1ccccc1C. The van der Waals surface area contributed by atoms with E-state index in [2.05, 4.69) is 0 Å². The Balaban J connectivity index is 2.74. The standard InChI is InChI=1S/C12H17NO4/c1-9-5-3-4-6-10(9)11(17-8-15-2)7-16-12(13)14/h3-6,11H,7-8H2,1-2H3,(H2,13,14). The highest BCUT2D eigenvalue weighted by atomic mass is 16.7. The fraction of sp³-hybridized carbons (Fsp3) is 0.417. The van der Waals surface area contributed by atoms with Crippen molar-refractivity contribution in [3.05, 3.63) is 35.4 Å². The van der Waals surface area contributed by atoms with Crippen LogP contribution in [0.1, 0.15) is 17.2 Å². The van der Waals surface area contributed by atoms with E-state index < -0.39 is 6.09 Å². The fourth-order valence-electron chi connectivity index (χ4n) is 1.48. The van der Waals surface area contributed by atoms with E-state index in [0.29, 0.717) is 0 Å². The van der Waals surface area contributed by atoms with Crippen LogP contribution in [0.5, 0.6) is 0 Å². The zero-order valence-corrected chi connectivity index (χ0v) is 10.0. The van der Waals surface area contributed by atoms with Crippen LogP contribution in [-0.2, 0) is 14.2 Å². The number of carbonyl (C=O) groups excluding carboxylic acids is 1. The van der Waals surface area contributed by atoms with Crippen LogP contribution in [-0.4, -0.2) is 26.6 Å². The van der Waals surface area contributed by atoms with Crippen molar-refractivity contribution in [3.63, 3.8) is 0 Å². The molecule has 94 valence electrons. The molecule has 0 aliphatic carbocycles. The van der Waals surface area contributed by atoms with Gasteiger partial charge in [-0.1, -0.05) is 24.3 Å². The van der Waals surface area contributed by atoms with Gasteiger partial charge in [0.25, 0.3) is 0 Å². The molecule has 0 saturated carbocycles. The fourth-order valence-corrected chi connectivity index (χ4v) is 1.48. The number of benzene rings is 1. The van der Waals surface area contributed by atoms with Crippen LogP contribution in [0.4, 0.5) is 4.79 Å².